The lowest BCUT2D eigenvalue weighted by molar-refractivity contribution is 0.101. The Kier molecular flexibility index (Phi) is 5.07. The van der Waals surface area contributed by atoms with Crippen LogP contribution in [0.15, 0.2) is 48.5 Å². The zero-order chi connectivity index (χ0) is 17.2. The minimum absolute atomic E-state index is 0.455. The lowest BCUT2D eigenvalue weighted by Gasteiger charge is -2.27. The molecule has 1 N–H and O–H groups in total. The highest BCUT2D eigenvalue weighted by Crippen LogP contribution is 2.42. The normalized spacial score (nSPS) is 22.8. The molecule has 0 spiro atoms. The number of nitrogens with zero attached hydrogens (tertiary/aromatic N) is 1. The van der Waals surface area contributed by atoms with E-state index in [2.05, 4.69) is 55.1 Å². The second kappa shape index (κ2) is 7.08. The van der Waals surface area contributed by atoms with Gasteiger partial charge in [-0.3, -0.25) is 0 Å². The Hall–Kier alpha value is -1.64. The summed E-state index contributed by atoms with van der Waals surface area (Å²) in [5.74, 6) is 0.455. The van der Waals surface area contributed by atoms with Gasteiger partial charge in [-0.15, -0.1) is 0 Å². The van der Waals surface area contributed by atoms with E-state index < -0.39 is 5.60 Å². The number of aliphatic hydroxyl groups is 1. The van der Waals surface area contributed by atoms with E-state index in [9.17, 15) is 5.11 Å². The summed E-state index contributed by atoms with van der Waals surface area (Å²) in [7, 11) is 0. The van der Waals surface area contributed by atoms with Crippen LogP contribution < -0.4 is 0 Å². The van der Waals surface area contributed by atoms with Gasteiger partial charge >= 0.3 is 0 Å². The van der Waals surface area contributed by atoms with Crippen LogP contribution in [0.25, 0.3) is 0 Å². The van der Waals surface area contributed by atoms with Gasteiger partial charge in [-0.25, -0.2) is 0 Å². The Bertz CT molecular complexity index is 688. The Labute approximate surface area is 146 Å². The lowest BCUT2D eigenvalue weighted by Crippen LogP contribution is -2.26. The highest BCUT2D eigenvalue weighted by Gasteiger charge is 2.35. The maximum absolute atomic E-state index is 11.3. The van der Waals surface area contributed by atoms with Crippen LogP contribution in [-0.4, -0.2) is 29.6 Å². The molecule has 2 unspecified atom stereocenters. The van der Waals surface area contributed by atoms with E-state index in [1.807, 2.05) is 19.1 Å². The van der Waals surface area contributed by atoms with E-state index in [0.29, 0.717) is 5.92 Å². The van der Waals surface area contributed by atoms with E-state index in [0.717, 1.165) is 43.6 Å². The van der Waals surface area contributed by atoms with Crippen LogP contribution in [-0.2, 0) is 12.0 Å². The summed E-state index contributed by atoms with van der Waals surface area (Å²) in [6.45, 7) is 9.70. The van der Waals surface area contributed by atoms with Gasteiger partial charge in [-0.05, 0) is 67.6 Å². The summed E-state index contributed by atoms with van der Waals surface area (Å²) in [5, 5.41) is 11.3. The summed E-state index contributed by atoms with van der Waals surface area (Å²) in [6.07, 6.45) is 2.13. The van der Waals surface area contributed by atoms with Crippen molar-refractivity contribution in [1.29, 1.82) is 0 Å². The van der Waals surface area contributed by atoms with Gasteiger partial charge in [0.1, 0.15) is 5.60 Å². The van der Waals surface area contributed by atoms with E-state index in [1.165, 1.54) is 11.1 Å². The summed E-state index contributed by atoms with van der Waals surface area (Å²) in [4.78, 5) is 2.48. The van der Waals surface area contributed by atoms with Gasteiger partial charge in [0.2, 0.25) is 0 Å². The van der Waals surface area contributed by atoms with Gasteiger partial charge < -0.3 is 10.0 Å². The fourth-order valence-corrected chi connectivity index (χ4v) is 4.13. The molecule has 2 atom stereocenters. The number of hydrogen-bond acceptors (Lipinski definition) is 2. The Morgan fingerprint density at radius 3 is 2.33 bits per heavy atom. The van der Waals surface area contributed by atoms with Gasteiger partial charge in [0.25, 0.3) is 0 Å². The first-order valence-corrected chi connectivity index (χ1v) is 9.20. The van der Waals surface area contributed by atoms with Gasteiger partial charge in [0.15, 0.2) is 0 Å². The Morgan fingerprint density at radius 1 is 1.00 bits per heavy atom. The topological polar surface area (TPSA) is 23.5 Å². The van der Waals surface area contributed by atoms with Crippen molar-refractivity contribution >= 4 is 0 Å². The molecule has 2 aromatic carbocycles. The monoisotopic (exact) mass is 323 g/mol. The van der Waals surface area contributed by atoms with E-state index in [-0.39, 0.29) is 0 Å². The molecule has 0 heterocycles. The van der Waals surface area contributed by atoms with Crippen molar-refractivity contribution in [2.24, 2.45) is 0 Å². The first-order valence-electron chi connectivity index (χ1n) is 9.20. The molecule has 2 nitrogen and oxygen atoms in total. The molecular formula is C22H29NO. The molecule has 2 aromatic rings. The zero-order valence-corrected chi connectivity index (χ0v) is 15.1. The van der Waals surface area contributed by atoms with Crippen molar-refractivity contribution in [3.05, 3.63) is 70.8 Å². The third-order valence-electron chi connectivity index (χ3n) is 5.62. The largest absolute Gasteiger partial charge is 0.381 e. The molecule has 0 aliphatic heterocycles. The average Bonchev–Trinajstić information content (AvgIpc) is 2.70. The quantitative estimate of drug-likeness (QED) is 0.886. The molecule has 3 rings (SSSR count). The van der Waals surface area contributed by atoms with Crippen LogP contribution in [0.4, 0.5) is 0 Å². The molecule has 24 heavy (non-hydrogen) atoms. The van der Waals surface area contributed by atoms with Crippen molar-refractivity contribution < 1.29 is 5.11 Å². The van der Waals surface area contributed by atoms with Crippen LogP contribution in [0.1, 0.15) is 55.4 Å². The third-order valence-corrected chi connectivity index (χ3v) is 5.62. The van der Waals surface area contributed by atoms with Crippen molar-refractivity contribution in [1.82, 2.24) is 4.90 Å². The van der Waals surface area contributed by atoms with Crippen LogP contribution in [0.3, 0.4) is 0 Å². The van der Waals surface area contributed by atoms with Gasteiger partial charge in [-0.1, -0.05) is 62.4 Å². The van der Waals surface area contributed by atoms with E-state index in [1.54, 1.807) is 0 Å². The number of benzene rings is 2. The SMILES string of the molecule is CCN(CC)CCC1Cc2ccccc2C(C)(O)c2ccccc21. The van der Waals surface area contributed by atoms with E-state index >= 15 is 0 Å². The molecule has 1 aliphatic rings. The predicted octanol–water partition coefficient (Wildman–Crippen LogP) is 4.31. The zero-order valence-electron chi connectivity index (χ0n) is 15.1. The lowest BCUT2D eigenvalue weighted by atomic mass is 9.84. The average molecular weight is 323 g/mol. The molecule has 0 radical (unpaired) electrons. The minimum Gasteiger partial charge on any atom is -0.381 e. The summed E-state index contributed by atoms with van der Waals surface area (Å²) >= 11 is 0. The second-order valence-corrected chi connectivity index (χ2v) is 7.03. The molecule has 0 saturated heterocycles. The molecule has 0 saturated carbocycles. The van der Waals surface area contributed by atoms with Crippen LogP contribution >= 0.6 is 0 Å². The van der Waals surface area contributed by atoms with Crippen LogP contribution in [0.5, 0.6) is 0 Å². The third kappa shape index (κ3) is 3.13. The standard InChI is InChI=1S/C22H29NO/c1-4-23(5-2)15-14-17-16-18-10-6-8-12-20(18)22(3,24)21-13-9-7-11-19(17)21/h6-13,17,24H,4-5,14-16H2,1-3H3. The molecule has 2 heteroatoms. The van der Waals surface area contributed by atoms with Crippen molar-refractivity contribution in [3.63, 3.8) is 0 Å². The number of hydrogen-bond donors (Lipinski definition) is 1. The fourth-order valence-electron chi connectivity index (χ4n) is 4.13. The highest BCUT2D eigenvalue weighted by atomic mass is 16.3. The van der Waals surface area contributed by atoms with Crippen LogP contribution in [0.2, 0.25) is 0 Å². The van der Waals surface area contributed by atoms with Gasteiger partial charge in [0.05, 0.1) is 0 Å². The van der Waals surface area contributed by atoms with Crippen molar-refractivity contribution in [2.45, 2.75) is 45.1 Å². The van der Waals surface area contributed by atoms with E-state index in [4.69, 9.17) is 0 Å². The molecule has 1 aliphatic carbocycles. The fraction of sp³-hybridized carbons (Fsp3) is 0.455. The molecule has 0 bridgehead atoms. The number of fused-ring (bicyclic) bond motifs is 2. The Morgan fingerprint density at radius 2 is 1.62 bits per heavy atom. The molecule has 128 valence electrons. The highest BCUT2D eigenvalue weighted by molar-refractivity contribution is 5.48. The maximum Gasteiger partial charge on any atom is 0.112 e. The van der Waals surface area contributed by atoms with Crippen molar-refractivity contribution in [2.75, 3.05) is 19.6 Å². The number of rotatable bonds is 5. The smallest absolute Gasteiger partial charge is 0.112 e. The Balaban J connectivity index is 2.01. The summed E-state index contributed by atoms with van der Waals surface area (Å²) in [5.41, 5.74) is 3.80. The molecule has 0 amide bonds. The van der Waals surface area contributed by atoms with Crippen molar-refractivity contribution in [3.8, 4) is 0 Å². The maximum atomic E-state index is 11.3. The van der Waals surface area contributed by atoms with Gasteiger partial charge in [0, 0.05) is 0 Å². The van der Waals surface area contributed by atoms with Crippen LogP contribution in [0, 0.1) is 0 Å². The first-order chi connectivity index (χ1) is 11.6. The molecule has 0 aromatic heterocycles. The first kappa shape index (κ1) is 17.2. The van der Waals surface area contributed by atoms with Gasteiger partial charge in [-0.2, -0.15) is 0 Å². The predicted molar refractivity (Wildman–Crippen MR) is 100 cm³/mol. The minimum atomic E-state index is -0.920. The molecule has 0 fully saturated rings. The summed E-state index contributed by atoms with van der Waals surface area (Å²) in [6, 6.07) is 16.8. The molecular weight excluding hydrogens is 294 g/mol. The summed E-state index contributed by atoms with van der Waals surface area (Å²) < 4.78 is 0. The second-order valence-electron chi connectivity index (χ2n) is 7.03.